The molecule has 2 nitrogen and oxygen atoms in total. The van der Waals surface area contributed by atoms with Crippen molar-refractivity contribution in [2.45, 2.75) is 64.2 Å². The average Bonchev–Trinajstić information content (AvgIpc) is 2.42. The van der Waals surface area contributed by atoms with Crippen LogP contribution in [0.25, 0.3) is 0 Å². The number of rotatable bonds is 8. The number of carboxylic acid groups (broad SMARTS) is 1. The van der Waals surface area contributed by atoms with Gasteiger partial charge in [-0.2, -0.15) is 0 Å². The molecule has 0 saturated carbocycles. The Labute approximate surface area is 124 Å². The fourth-order valence-corrected chi connectivity index (χ4v) is 6.74. The summed E-state index contributed by atoms with van der Waals surface area (Å²) in [7, 11) is -1.31. The molecule has 0 spiro atoms. The van der Waals surface area contributed by atoms with Gasteiger partial charge in [-0.3, -0.25) is 0 Å². The van der Waals surface area contributed by atoms with Crippen LogP contribution in [0.1, 0.15) is 61.0 Å². The molecule has 0 aliphatic rings. The first-order valence-corrected chi connectivity index (χ1v) is 11.0. The van der Waals surface area contributed by atoms with Crippen molar-refractivity contribution in [3.8, 4) is 0 Å². The van der Waals surface area contributed by atoms with Crippen molar-refractivity contribution in [3.63, 3.8) is 0 Å². The van der Waals surface area contributed by atoms with E-state index >= 15 is 0 Å². The second-order valence-corrected chi connectivity index (χ2v) is 11.5. The molecule has 0 aliphatic carbocycles. The van der Waals surface area contributed by atoms with E-state index in [0.717, 1.165) is 0 Å². The Morgan fingerprint density at radius 1 is 1.15 bits per heavy atom. The molecule has 0 radical (unpaired) electrons. The standard InChI is InChI=1S/C17H28O2Si/c1-5-7-13-20(3,4)16(8-6-2)14-9-11-15(12-10-14)17(18)19/h9-12,16H,5-8,13H2,1-4H3,(H,18,19). The molecule has 1 aromatic carbocycles. The summed E-state index contributed by atoms with van der Waals surface area (Å²) in [6, 6.07) is 8.93. The van der Waals surface area contributed by atoms with Gasteiger partial charge in [0.15, 0.2) is 0 Å². The van der Waals surface area contributed by atoms with Gasteiger partial charge in [-0.25, -0.2) is 4.79 Å². The molecule has 1 atom stereocenters. The molecular weight excluding hydrogens is 264 g/mol. The van der Waals surface area contributed by atoms with Crippen LogP contribution in [0.4, 0.5) is 0 Å². The lowest BCUT2D eigenvalue weighted by molar-refractivity contribution is 0.0697. The maximum Gasteiger partial charge on any atom is 0.335 e. The summed E-state index contributed by atoms with van der Waals surface area (Å²) in [6.45, 7) is 9.45. The first kappa shape index (κ1) is 17.0. The second kappa shape index (κ2) is 7.63. The van der Waals surface area contributed by atoms with Crippen molar-refractivity contribution in [1.82, 2.24) is 0 Å². The van der Waals surface area contributed by atoms with E-state index in [2.05, 4.69) is 26.9 Å². The third-order valence-corrected chi connectivity index (χ3v) is 8.41. The van der Waals surface area contributed by atoms with Crippen LogP contribution in [0.5, 0.6) is 0 Å². The van der Waals surface area contributed by atoms with E-state index in [4.69, 9.17) is 5.11 Å². The smallest absolute Gasteiger partial charge is 0.335 e. The summed E-state index contributed by atoms with van der Waals surface area (Å²) >= 11 is 0. The molecule has 20 heavy (non-hydrogen) atoms. The minimum atomic E-state index is -1.31. The summed E-state index contributed by atoms with van der Waals surface area (Å²) in [5, 5.41) is 9.00. The van der Waals surface area contributed by atoms with Crippen molar-refractivity contribution in [1.29, 1.82) is 0 Å². The van der Waals surface area contributed by atoms with Crippen LogP contribution in [-0.4, -0.2) is 19.1 Å². The van der Waals surface area contributed by atoms with Crippen molar-refractivity contribution < 1.29 is 9.90 Å². The van der Waals surface area contributed by atoms with Gasteiger partial charge in [0.25, 0.3) is 0 Å². The molecule has 0 saturated heterocycles. The zero-order valence-corrected chi connectivity index (χ0v) is 14.3. The number of benzene rings is 1. The van der Waals surface area contributed by atoms with Gasteiger partial charge in [0.05, 0.1) is 13.6 Å². The molecule has 0 bridgehead atoms. The van der Waals surface area contributed by atoms with E-state index < -0.39 is 14.0 Å². The Morgan fingerprint density at radius 2 is 1.75 bits per heavy atom. The molecule has 0 aliphatic heterocycles. The van der Waals surface area contributed by atoms with Gasteiger partial charge in [0.1, 0.15) is 0 Å². The van der Waals surface area contributed by atoms with E-state index in [1.165, 1.54) is 37.3 Å². The van der Waals surface area contributed by atoms with Crippen molar-refractivity contribution in [2.75, 3.05) is 0 Å². The Kier molecular flexibility index (Phi) is 6.47. The summed E-state index contributed by atoms with van der Waals surface area (Å²) in [6.07, 6.45) is 4.98. The largest absolute Gasteiger partial charge is 0.478 e. The van der Waals surface area contributed by atoms with Gasteiger partial charge in [-0.1, -0.05) is 64.4 Å². The highest BCUT2D eigenvalue weighted by Gasteiger charge is 2.31. The maximum absolute atomic E-state index is 11.0. The lowest BCUT2D eigenvalue weighted by Crippen LogP contribution is -2.34. The molecule has 0 amide bonds. The molecule has 1 rings (SSSR count). The molecular formula is C17H28O2Si. The summed E-state index contributed by atoms with van der Waals surface area (Å²) < 4.78 is 0. The Bertz CT molecular complexity index is 423. The highest BCUT2D eigenvalue weighted by atomic mass is 28.3. The zero-order chi connectivity index (χ0) is 15.2. The topological polar surface area (TPSA) is 37.3 Å². The summed E-state index contributed by atoms with van der Waals surface area (Å²) in [5.74, 6) is -0.842. The minimum absolute atomic E-state index is 0.386. The molecule has 0 heterocycles. The van der Waals surface area contributed by atoms with E-state index in [-0.39, 0.29) is 0 Å². The lowest BCUT2D eigenvalue weighted by Gasteiger charge is -2.33. The van der Waals surface area contributed by atoms with E-state index in [1.54, 1.807) is 12.1 Å². The van der Waals surface area contributed by atoms with Gasteiger partial charge in [0, 0.05) is 0 Å². The SMILES string of the molecule is CCCC[Si](C)(C)C(CCC)c1ccc(C(=O)O)cc1. The van der Waals surface area contributed by atoms with Crippen LogP contribution in [0, 0.1) is 0 Å². The third-order valence-electron chi connectivity index (χ3n) is 4.26. The normalized spacial score (nSPS) is 13.2. The zero-order valence-electron chi connectivity index (χ0n) is 13.3. The Hall–Kier alpha value is -1.09. The number of hydrogen-bond donors (Lipinski definition) is 1. The quantitative estimate of drug-likeness (QED) is 0.659. The maximum atomic E-state index is 11.0. The number of hydrogen-bond acceptors (Lipinski definition) is 1. The van der Waals surface area contributed by atoms with Gasteiger partial charge in [-0.15, -0.1) is 0 Å². The van der Waals surface area contributed by atoms with Gasteiger partial charge in [0.2, 0.25) is 0 Å². The predicted octanol–water partition coefficient (Wildman–Crippen LogP) is 5.32. The number of carboxylic acids is 1. The van der Waals surface area contributed by atoms with Gasteiger partial charge in [-0.05, 0) is 29.7 Å². The highest BCUT2D eigenvalue weighted by Crippen LogP contribution is 2.35. The molecule has 1 aromatic rings. The Morgan fingerprint density at radius 3 is 2.20 bits per heavy atom. The molecule has 0 aromatic heterocycles. The van der Waals surface area contributed by atoms with Crippen LogP contribution >= 0.6 is 0 Å². The van der Waals surface area contributed by atoms with Crippen molar-refractivity contribution in [3.05, 3.63) is 35.4 Å². The van der Waals surface area contributed by atoms with Gasteiger partial charge >= 0.3 is 5.97 Å². The van der Waals surface area contributed by atoms with Crippen LogP contribution in [0.2, 0.25) is 19.1 Å². The molecule has 112 valence electrons. The van der Waals surface area contributed by atoms with Crippen LogP contribution < -0.4 is 0 Å². The fourth-order valence-electron chi connectivity index (χ4n) is 2.96. The van der Waals surface area contributed by atoms with E-state index in [9.17, 15) is 4.79 Å². The number of aromatic carboxylic acids is 1. The third kappa shape index (κ3) is 4.48. The first-order valence-electron chi connectivity index (χ1n) is 7.75. The molecule has 0 fully saturated rings. The predicted molar refractivity (Wildman–Crippen MR) is 88.2 cm³/mol. The van der Waals surface area contributed by atoms with Gasteiger partial charge < -0.3 is 5.11 Å². The summed E-state index contributed by atoms with van der Waals surface area (Å²) in [4.78, 5) is 11.0. The van der Waals surface area contributed by atoms with Crippen LogP contribution in [0.3, 0.4) is 0 Å². The van der Waals surface area contributed by atoms with Crippen LogP contribution in [-0.2, 0) is 0 Å². The van der Waals surface area contributed by atoms with E-state index in [0.29, 0.717) is 11.1 Å². The van der Waals surface area contributed by atoms with Crippen molar-refractivity contribution in [2.24, 2.45) is 0 Å². The lowest BCUT2D eigenvalue weighted by atomic mass is 10.1. The number of unbranched alkanes of at least 4 members (excludes halogenated alkanes) is 1. The monoisotopic (exact) mass is 292 g/mol. The number of carbonyl (C=O) groups is 1. The molecule has 1 unspecified atom stereocenters. The Balaban J connectivity index is 2.97. The molecule has 3 heteroatoms. The highest BCUT2D eigenvalue weighted by molar-refractivity contribution is 6.78. The molecule has 1 N–H and O–H groups in total. The van der Waals surface area contributed by atoms with Crippen LogP contribution in [0.15, 0.2) is 24.3 Å². The van der Waals surface area contributed by atoms with Crippen molar-refractivity contribution >= 4 is 14.0 Å². The summed E-state index contributed by atoms with van der Waals surface area (Å²) in [5.41, 5.74) is 2.36. The second-order valence-electron chi connectivity index (χ2n) is 6.36. The van der Waals surface area contributed by atoms with E-state index in [1.807, 2.05) is 12.1 Å². The average molecular weight is 292 g/mol. The first-order chi connectivity index (χ1) is 9.42. The fraction of sp³-hybridized carbons (Fsp3) is 0.588. The minimum Gasteiger partial charge on any atom is -0.478 e.